The lowest BCUT2D eigenvalue weighted by molar-refractivity contribution is -0.0340. The predicted molar refractivity (Wildman–Crippen MR) is 88.7 cm³/mol. The number of aromatic nitrogens is 2. The quantitative estimate of drug-likeness (QED) is 0.944. The van der Waals surface area contributed by atoms with Crippen molar-refractivity contribution in [3.05, 3.63) is 34.7 Å². The van der Waals surface area contributed by atoms with Gasteiger partial charge in [0.05, 0.1) is 23.2 Å². The van der Waals surface area contributed by atoms with Gasteiger partial charge in [0.15, 0.2) is 0 Å². The molecule has 2 aromatic rings. The summed E-state index contributed by atoms with van der Waals surface area (Å²) in [4.78, 5) is 17.8. The van der Waals surface area contributed by atoms with E-state index in [1.165, 1.54) is 12.8 Å². The van der Waals surface area contributed by atoms with Gasteiger partial charge in [-0.15, -0.1) is 0 Å². The second kappa shape index (κ2) is 4.95. The zero-order chi connectivity index (χ0) is 15.4. The molecule has 3 saturated heterocycles. The van der Waals surface area contributed by atoms with Crippen LogP contribution in [0.1, 0.15) is 31.7 Å². The molecule has 4 fully saturated rings. The smallest absolute Gasteiger partial charge is 0.326 e. The Kier molecular flexibility index (Phi) is 2.97. The highest BCUT2D eigenvalue weighted by Gasteiger charge is 2.52. The molecule has 0 unspecified atom stereocenters. The average molecular weight is 313 g/mol. The van der Waals surface area contributed by atoms with Gasteiger partial charge in [0.2, 0.25) is 0 Å². The minimum atomic E-state index is 0.0317. The third-order valence-corrected chi connectivity index (χ3v) is 6.00. The van der Waals surface area contributed by atoms with Crippen molar-refractivity contribution >= 4 is 11.0 Å². The number of nitrogens with zero attached hydrogens (tertiary/aromatic N) is 2. The van der Waals surface area contributed by atoms with Gasteiger partial charge >= 0.3 is 5.69 Å². The normalized spacial score (nSPS) is 31.6. The first-order valence-corrected chi connectivity index (χ1v) is 8.78. The van der Waals surface area contributed by atoms with Crippen LogP contribution in [0.25, 0.3) is 11.0 Å². The van der Waals surface area contributed by atoms with E-state index in [1.807, 2.05) is 28.8 Å². The van der Waals surface area contributed by atoms with Crippen molar-refractivity contribution in [1.82, 2.24) is 14.5 Å². The lowest BCUT2D eigenvalue weighted by atomic mass is 9.74. The zero-order valence-electron chi connectivity index (χ0n) is 13.3. The van der Waals surface area contributed by atoms with E-state index in [4.69, 9.17) is 4.74 Å². The van der Waals surface area contributed by atoms with E-state index in [0.29, 0.717) is 6.04 Å². The second-order valence-corrected chi connectivity index (χ2v) is 7.59. The molecule has 5 nitrogen and oxygen atoms in total. The molecule has 1 aliphatic carbocycles. The maximum atomic E-state index is 12.3. The van der Waals surface area contributed by atoms with Crippen LogP contribution in [0, 0.1) is 5.92 Å². The standard InChI is InChI=1S/C18H23N3O2/c22-17-19-15-3-1-2-4-16(15)21(17)14-5-7-20(8-6-14)12-18-9-13(10-18)11-23-18/h1-4,13-14H,5-12H2,(H,19,22). The largest absolute Gasteiger partial charge is 0.373 e. The summed E-state index contributed by atoms with van der Waals surface area (Å²) in [6, 6.07) is 8.31. The van der Waals surface area contributed by atoms with E-state index in [0.717, 1.165) is 56.0 Å². The van der Waals surface area contributed by atoms with Crippen LogP contribution in [-0.4, -0.2) is 46.3 Å². The van der Waals surface area contributed by atoms with E-state index in [9.17, 15) is 4.79 Å². The summed E-state index contributed by atoms with van der Waals surface area (Å²) < 4.78 is 7.96. The molecule has 4 aliphatic rings. The van der Waals surface area contributed by atoms with Gasteiger partial charge in [0.25, 0.3) is 0 Å². The van der Waals surface area contributed by atoms with E-state index in [2.05, 4.69) is 9.88 Å². The number of rotatable bonds is 3. The summed E-state index contributed by atoms with van der Waals surface area (Å²) in [5, 5.41) is 0. The Morgan fingerprint density at radius 2 is 2.00 bits per heavy atom. The van der Waals surface area contributed by atoms with E-state index < -0.39 is 0 Å². The molecule has 0 radical (unpaired) electrons. The van der Waals surface area contributed by atoms with Gasteiger partial charge in [-0.3, -0.25) is 4.57 Å². The number of fused-ring (bicyclic) bond motifs is 2. The zero-order valence-corrected chi connectivity index (χ0v) is 13.3. The molecule has 1 aromatic carbocycles. The molecule has 0 atom stereocenters. The minimum Gasteiger partial charge on any atom is -0.373 e. The van der Waals surface area contributed by atoms with Crippen molar-refractivity contribution in [1.29, 1.82) is 0 Å². The second-order valence-electron chi connectivity index (χ2n) is 7.59. The van der Waals surface area contributed by atoms with E-state index >= 15 is 0 Å². The lowest BCUT2D eigenvalue weighted by Gasteiger charge is -2.42. The first kappa shape index (κ1) is 13.8. The minimum absolute atomic E-state index is 0.0317. The van der Waals surface area contributed by atoms with Crippen molar-refractivity contribution < 1.29 is 4.74 Å². The molecule has 4 heterocycles. The maximum Gasteiger partial charge on any atom is 0.326 e. The molecule has 1 N–H and O–H groups in total. The molecule has 1 aromatic heterocycles. The number of para-hydroxylation sites is 2. The molecule has 122 valence electrons. The number of piperidine rings is 1. The van der Waals surface area contributed by atoms with Gasteiger partial charge in [0, 0.05) is 25.7 Å². The van der Waals surface area contributed by atoms with E-state index in [-0.39, 0.29) is 11.3 Å². The van der Waals surface area contributed by atoms with Gasteiger partial charge < -0.3 is 14.6 Å². The van der Waals surface area contributed by atoms with Crippen LogP contribution in [0.5, 0.6) is 0 Å². The number of likely N-dealkylation sites (tertiary alicyclic amines) is 1. The summed E-state index contributed by atoms with van der Waals surface area (Å²) >= 11 is 0. The van der Waals surface area contributed by atoms with Gasteiger partial charge in [-0.25, -0.2) is 4.79 Å². The van der Waals surface area contributed by atoms with Gasteiger partial charge in [-0.2, -0.15) is 0 Å². The Labute approximate surface area is 135 Å². The summed E-state index contributed by atoms with van der Waals surface area (Å²) in [5.41, 5.74) is 2.19. The van der Waals surface area contributed by atoms with Crippen molar-refractivity contribution in [3.8, 4) is 0 Å². The number of hydrogen-bond donors (Lipinski definition) is 1. The van der Waals surface area contributed by atoms with Crippen LogP contribution in [0.2, 0.25) is 0 Å². The number of H-pyrrole nitrogens is 1. The number of ether oxygens (including phenoxy) is 1. The van der Waals surface area contributed by atoms with Crippen molar-refractivity contribution in [2.24, 2.45) is 5.92 Å². The first-order valence-electron chi connectivity index (χ1n) is 8.78. The number of hydrogen-bond acceptors (Lipinski definition) is 3. The average Bonchev–Trinajstić information content (AvgIpc) is 3.19. The van der Waals surface area contributed by atoms with Crippen LogP contribution in [0.4, 0.5) is 0 Å². The summed E-state index contributed by atoms with van der Waals surface area (Å²) in [7, 11) is 0. The number of aromatic amines is 1. The highest BCUT2D eigenvalue weighted by Crippen LogP contribution is 2.48. The summed E-state index contributed by atoms with van der Waals surface area (Å²) in [6.07, 6.45) is 4.60. The van der Waals surface area contributed by atoms with Crippen LogP contribution in [-0.2, 0) is 4.74 Å². The Bertz CT molecular complexity index is 773. The van der Waals surface area contributed by atoms with Crippen LogP contribution in [0.15, 0.2) is 29.1 Å². The first-order chi connectivity index (χ1) is 11.2. The third kappa shape index (κ3) is 2.17. The SMILES string of the molecule is O=c1[nH]c2ccccc2n1C1CCN(CC23CC(CO2)C3)CC1. The Morgan fingerprint density at radius 1 is 1.22 bits per heavy atom. The highest BCUT2D eigenvalue weighted by molar-refractivity contribution is 5.75. The van der Waals surface area contributed by atoms with Crippen molar-refractivity contribution in [2.75, 3.05) is 26.2 Å². The molecule has 6 rings (SSSR count). The molecule has 1 saturated carbocycles. The monoisotopic (exact) mass is 313 g/mol. The van der Waals surface area contributed by atoms with Gasteiger partial charge in [0.1, 0.15) is 0 Å². The molecule has 2 bridgehead atoms. The highest BCUT2D eigenvalue weighted by atomic mass is 16.5. The fourth-order valence-electron chi connectivity index (χ4n) is 4.88. The van der Waals surface area contributed by atoms with Gasteiger partial charge in [-0.1, -0.05) is 12.1 Å². The predicted octanol–water partition coefficient (Wildman–Crippen LogP) is 2.15. The summed E-state index contributed by atoms with van der Waals surface area (Å²) in [6.45, 7) is 4.18. The number of benzene rings is 1. The third-order valence-electron chi connectivity index (χ3n) is 6.00. The fraction of sp³-hybridized carbons (Fsp3) is 0.611. The molecule has 0 amide bonds. The van der Waals surface area contributed by atoms with Crippen molar-refractivity contribution in [2.45, 2.75) is 37.3 Å². The Balaban J connectivity index is 1.30. The van der Waals surface area contributed by atoms with Crippen LogP contribution < -0.4 is 5.69 Å². The number of nitrogens with one attached hydrogen (secondary N) is 1. The van der Waals surface area contributed by atoms with Gasteiger partial charge in [-0.05, 0) is 43.7 Å². The van der Waals surface area contributed by atoms with Crippen LogP contribution >= 0.6 is 0 Å². The Hall–Kier alpha value is -1.59. The molecule has 23 heavy (non-hydrogen) atoms. The van der Waals surface area contributed by atoms with Crippen molar-refractivity contribution in [3.63, 3.8) is 0 Å². The van der Waals surface area contributed by atoms with Crippen LogP contribution in [0.3, 0.4) is 0 Å². The molecular weight excluding hydrogens is 290 g/mol. The fourth-order valence-corrected chi connectivity index (χ4v) is 4.88. The molecule has 5 heteroatoms. The molecule has 3 aliphatic heterocycles. The maximum absolute atomic E-state index is 12.3. The number of imidazole rings is 1. The summed E-state index contributed by atoms with van der Waals surface area (Å²) in [5.74, 6) is 0.831. The molecular formula is C18H23N3O2. The Morgan fingerprint density at radius 3 is 2.74 bits per heavy atom. The lowest BCUT2D eigenvalue weighted by Crippen LogP contribution is -2.50. The van der Waals surface area contributed by atoms with E-state index in [1.54, 1.807) is 0 Å². The topological polar surface area (TPSA) is 50.3 Å². The molecule has 0 spiro atoms.